The number of nitrogens with zero attached hydrogens (tertiary/aromatic N) is 1. The average molecular weight is 202 g/mol. The minimum atomic E-state index is 0.153. The number of aliphatic hydroxyl groups excluding tert-OH is 1. The van der Waals surface area contributed by atoms with Gasteiger partial charge in [0.1, 0.15) is 0 Å². The molecule has 0 heterocycles. The summed E-state index contributed by atoms with van der Waals surface area (Å²) in [7, 11) is 0. The van der Waals surface area contributed by atoms with Crippen molar-refractivity contribution in [2.45, 2.75) is 46.0 Å². The highest BCUT2D eigenvalue weighted by atomic mass is 16.3. The fourth-order valence-corrected chi connectivity index (χ4v) is 1.51. The van der Waals surface area contributed by atoms with Crippen molar-refractivity contribution in [2.24, 2.45) is 11.8 Å². The van der Waals surface area contributed by atoms with Crippen LogP contribution in [0.25, 0.3) is 0 Å². The van der Waals surface area contributed by atoms with Gasteiger partial charge in [-0.1, -0.05) is 39.5 Å². The zero-order valence-corrected chi connectivity index (χ0v) is 9.71. The fraction of sp³-hybridized carbons (Fsp3) is 1.00. The van der Waals surface area contributed by atoms with Gasteiger partial charge >= 0.3 is 0 Å². The molecule has 3 N–H and O–H groups in total. The highest BCUT2D eigenvalue weighted by molar-refractivity contribution is 4.56. The molecule has 0 aromatic rings. The van der Waals surface area contributed by atoms with Crippen molar-refractivity contribution >= 4 is 0 Å². The van der Waals surface area contributed by atoms with E-state index in [1.807, 2.05) is 0 Å². The highest BCUT2D eigenvalue weighted by Crippen LogP contribution is 2.12. The van der Waals surface area contributed by atoms with E-state index in [-0.39, 0.29) is 6.61 Å². The summed E-state index contributed by atoms with van der Waals surface area (Å²) in [5.41, 5.74) is 0. The second kappa shape index (κ2) is 9.44. The Morgan fingerprint density at radius 1 is 1.21 bits per heavy atom. The average Bonchev–Trinajstić information content (AvgIpc) is 2.16. The number of hydrazine groups is 1. The second-order valence-electron chi connectivity index (χ2n) is 4.15. The van der Waals surface area contributed by atoms with E-state index in [1.54, 1.807) is 5.01 Å². The van der Waals surface area contributed by atoms with E-state index in [2.05, 4.69) is 13.8 Å². The van der Waals surface area contributed by atoms with Gasteiger partial charge in [-0.05, 0) is 12.3 Å². The third-order valence-corrected chi connectivity index (χ3v) is 2.60. The lowest BCUT2D eigenvalue weighted by atomic mass is 10.00. The van der Waals surface area contributed by atoms with Crippen LogP contribution < -0.4 is 5.84 Å². The Morgan fingerprint density at radius 2 is 1.93 bits per heavy atom. The first kappa shape index (κ1) is 13.9. The molecule has 0 aliphatic carbocycles. The first-order valence-electron chi connectivity index (χ1n) is 5.81. The van der Waals surface area contributed by atoms with Crippen molar-refractivity contribution in [3.05, 3.63) is 0 Å². The van der Waals surface area contributed by atoms with Crippen molar-refractivity contribution in [3.8, 4) is 0 Å². The van der Waals surface area contributed by atoms with Gasteiger partial charge in [0.25, 0.3) is 0 Å². The van der Waals surface area contributed by atoms with Crippen molar-refractivity contribution in [2.75, 3.05) is 19.7 Å². The molecule has 0 fully saturated rings. The summed E-state index contributed by atoms with van der Waals surface area (Å²) in [6.45, 7) is 6.15. The van der Waals surface area contributed by atoms with Gasteiger partial charge in [-0.15, -0.1) is 0 Å². The predicted octanol–water partition coefficient (Wildman–Crippen LogP) is 1.76. The first-order valence-corrected chi connectivity index (χ1v) is 5.81. The molecule has 0 aromatic heterocycles. The van der Waals surface area contributed by atoms with E-state index in [1.165, 1.54) is 25.7 Å². The lowest BCUT2D eigenvalue weighted by molar-refractivity contribution is 0.189. The van der Waals surface area contributed by atoms with Crippen molar-refractivity contribution in [1.82, 2.24) is 5.01 Å². The molecule has 0 aromatic carbocycles. The van der Waals surface area contributed by atoms with E-state index < -0.39 is 0 Å². The van der Waals surface area contributed by atoms with Crippen molar-refractivity contribution in [3.63, 3.8) is 0 Å². The van der Waals surface area contributed by atoms with Crippen LogP contribution in [0.15, 0.2) is 0 Å². The molecule has 3 nitrogen and oxygen atoms in total. The third kappa shape index (κ3) is 8.48. The quantitative estimate of drug-likeness (QED) is 0.340. The van der Waals surface area contributed by atoms with Crippen LogP contribution in [-0.2, 0) is 0 Å². The molecular formula is C11H26N2O. The van der Waals surface area contributed by atoms with Gasteiger partial charge < -0.3 is 5.11 Å². The van der Waals surface area contributed by atoms with E-state index in [9.17, 15) is 0 Å². The minimum absolute atomic E-state index is 0.153. The number of hydrogen-bond donors (Lipinski definition) is 2. The molecule has 1 atom stereocenters. The van der Waals surface area contributed by atoms with Gasteiger partial charge in [0.15, 0.2) is 0 Å². The van der Waals surface area contributed by atoms with Gasteiger partial charge in [-0.2, -0.15) is 0 Å². The third-order valence-electron chi connectivity index (χ3n) is 2.60. The first-order chi connectivity index (χ1) is 6.70. The molecule has 0 radical (unpaired) electrons. The molecule has 0 saturated heterocycles. The molecule has 0 saturated carbocycles. The largest absolute Gasteiger partial charge is 0.395 e. The molecule has 0 amide bonds. The molecule has 0 aliphatic heterocycles. The molecule has 1 unspecified atom stereocenters. The summed E-state index contributed by atoms with van der Waals surface area (Å²) in [6, 6.07) is 0. The zero-order chi connectivity index (χ0) is 10.8. The molecule has 3 heteroatoms. The second-order valence-corrected chi connectivity index (χ2v) is 4.15. The van der Waals surface area contributed by atoms with Gasteiger partial charge in [0, 0.05) is 13.1 Å². The van der Waals surface area contributed by atoms with Crippen molar-refractivity contribution < 1.29 is 5.11 Å². The molecule has 0 rings (SSSR count). The minimum Gasteiger partial charge on any atom is -0.395 e. The summed E-state index contributed by atoms with van der Waals surface area (Å²) in [5.74, 6) is 6.42. The number of rotatable bonds is 9. The smallest absolute Gasteiger partial charge is 0.0572 e. The van der Waals surface area contributed by atoms with E-state index in [0.29, 0.717) is 6.54 Å². The summed E-state index contributed by atoms with van der Waals surface area (Å²) in [5, 5.41) is 10.4. The summed E-state index contributed by atoms with van der Waals surface area (Å²) in [6.07, 6.45) is 6.41. The molecule has 0 aliphatic rings. The van der Waals surface area contributed by atoms with Gasteiger partial charge in [0.2, 0.25) is 0 Å². The topological polar surface area (TPSA) is 49.5 Å². The Hall–Kier alpha value is -0.120. The Balaban J connectivity index is 3.29. The van der Waals surface area contributed by atoms with E-state index in [0.717, 1.165) is 18.9 Å². The van der Waals surface area contributed by atoms with Gasteiger partial charge in [-0.3, -0.25) is 5.84 Å². The zero-order valence-electron chi connectivity index (χ0n) is 9.71. The van der Waals surface area contributed by atoms with Crippen LogP contribution in [0.5, 0.6) is 0 Å². The van der Waals surface area contributed by atoms with Crippen LogP contribution in [0.2, 0.25) is 0 Å². The molecule has 86 valence electrons. The lowest BCUT2D eigenvalue weighted by Crippen LogP contribution is -2.35. The van der Waals surface area contributed by atoms with Crippen LogP contribution in [-0.4, -0.2) is 29.8 Å². The molecular weight excluding hydrogens is 176 g/mol. The number of nitrogens with two attached hydrogens (primary N) is 1. The number of unbranched alkanes of at least 4 members (excludes halogenated alkanes) is 2. The van der Waals surface area contributed by atoms with Crippen LogP contribution in [0.4, 0.5) is 0 Å². The van der Waals surface area contributed by atoms with E-state index in [4.69, 9.17) is 10.9 Å². The SMILES string of the molecule is CCCCCC(C)CCN(N)CCO. The Morgan fingerprint density at radius 3 is 2.50 bits per heavy atom. The molecule has 14 heavy (non-hydrogen) atoms. The monoisotopic (exact) mass is 202 g/mol. The van der Waals surface area contributed by atoms with Crippen LogP contribution in [0, 0.1) is 5.92 Å². The maximum Gasteiger partial charge on any atom is 0.0572 e. The summed E-state index contributed by atoms with van der Waals surface area (Å²) < 4.78 is 0. The standard InChI is InChI=1S/C11H26N2O/c1-3-4-5-6-11(2)7-8-13(12)9-10-14/h11,14H,3-10,12H2,1-2H3. The fourth-order valence-electron chi connectivity index (χ4n) is 1.51. The van der Waals surface area contributed by atoms with Gasteiger partial charge in [-0.25, -0.2) is 5.01 Å². The summed E-state index contributed by atoms with van der Waals surface area (Å²) in [4.78, 5) is 0. The maximum absolute atomic E-state index is 8.65. The van der Waals surface area contributed by atoms with Crippen LogP contribution in [0.1, 0.15) is 46.0 Å². The Bertz CT molecular complexity index is 120. The Labute approximate surface area is 88.3 Å². The molecule has 0 bridgehead atoms. The van der Waals surface area contributed by atoms with Crippen LogP contribution >= 0.6 is 0 Å². The lowest BCUT2D eigenvalue weighted by Gasteiger charge is -2.17. The van der Waals surface area contributed by atoms with E-state index >= 15 is 0 Å². The number of aliphatic hydroxyl groups is 1. The molecule has 0 spiro atoms. The predicted molar refractivity (Wildman–Crippen MR) is 60.8 cm³/mol. The number of hydrogen-bond acceptors (Lipinski definition) is 3. The Kier molecular flexibility index (Phi) is 9.35. The van der Waals surface area contributed by atoms with Crippen LogP contribution in [0.3, 0.4) is 0 Å². The highest BCUT2D eigenvalue weighted by Gasteiger charge is 2.04. The summed E-state index contributed by atoms with van der Waals surface area (Å²) >= 11 is 0. The van der Waals surface area contributed by atoms with Gasteiger partial charge in [0.05, 0.1) is 6.61 Å². The normalized spacial score (nSPS) is 13.5. The maximum atomic E-state index is 8.65. The van der Waals surface area contributed by atoms with Crippen molar-refractivity contribution in [1.29, 1.82) is 0 Å².